The van der Waals surface area contributed by atoms with Crippen molar-refractivity contribution in [1.29, 1.82) is 0 Å². The van der Waals surface area contributed by atoms with E-state index in [9.17, 15) is 4.79 Å². The third-order valence-electron chi connectivity index (χ3n) is 4.33. The standard InChI is InChI=1S/C15H26N2O/c1-12-8-7-11-14(16-2)15(18)17(12)13-9-5-3-4-6-10-13/h5,9,12-14,16H,3-4,6-8,10-11H2,1-2H3. The van der Waals surface area contributed by atoms with E-state index in [0.717, 1.165) is 25.7 Å². The molecule has 2 rings (SSSR count). The molecule has 1 aliphatic heterocycles. The summed E-state index contributed by atoms with van der Waals surface area (Å²) in [5.41, 5.74) is 0. The van der Waals surface area contributed by atoms with Gasteiger partial charge in [0, 0.05) is 6.04 Å². The Morgan fingerprint density at radius 1 is 1.22 bits per heavy atom. The van der Waals surface area contributed by atoms with Crippen LogP contribution in [-0.2, 0) is 4.79 Å². The quantitative estimate of drug-likeness (QED) is 0.764. The number of amides is 1. The number of hydrogen-bond donors (Lipinski definition) is 1. The second-order valence-electron chi connectivity index (χ2n) is 5.65. The molecular weight excluding hydrogens is 224 g/mol. The number of nitrogens with one attached hydrogen (secondary N) is 1. The fourth-order valence-electron chi connectivity index (χ4n) is 3.23. The Labute approximate surface area is 111 Å². The van der Waals surface area contributed by atoms with Gasteiger partial charge in [0.25, 0.3) is 0 Å². The van der Waals surface area contributed by atoms with E-state index in [4.69, 9.17) is 0 Å². The van der Waals surface area contributed by atoms with Crippen LogP contribution in [0.5, 0.6) is 0 Å². The Morgan fingerprint density at radius 3 is 2.83 bits per heavy atom. The van der Waals surface area contributed by atoms with Gasteiger partial charge in [-0.1, -0.05) is 18.6 Å². The minimum atomic E-state index is 0.0200. The number of carbonyl (C=O) groups excluding carboxylic acids is 1. The smallest absolute Gasteiger partial charge is 0.240 e. The number of likely N-dealkylation sites (N-methyl/N-ethyl adjacent to an activating group) is 1. The Morgan fingerprint density at radius 2 is 2.06 bits per heavy atom. The summed E-state index contributed by atoms with van der Waals surface area (Å²) >= 11 is 0. The molecule has 0 bridgehead atoms. The van der Waals surface area contributed by atoms with Gasteiger partial charge in [0.1, 0.15) is 0 Å². The van der Waals surface area contributed by atoms with E-state index in [1.165, 1.54) is 19.3 Å². The summed E-state index contributed by atoms with van der Waals surface area (Å²) in [5.74, 6) is 0.305. The average molecular weight is 250 g/mol. The van der Waals surface area contributed by atoms with Gasteiger partial charge in [-0.25, -0.2) is 0 Å². The van der Waals surface area contributed by atoms with Crippen LogP contribution in [0.1, 0.15) is 51.9 Å². The Bertz CT molecular complexity index is 314. The normalized spacial score (nSPS) is 34.2. The van der Waals surface area contributed by atoms with Crippen LogP contribution < -0.4 is 5.32 Å². The van der Waals surface area contributed by atoms with Crippen molar-refractivity contribution in [2.45, 2.75) is 70.0 Å². The molecule has 3 heteroatoms. The van der Waals surface area contributed by atoms with Crippen molar-refractivity contribution in [2.75, 3.05) is 7.05 Å². The lowest BCUT2D eigenvalue weighted by atomic mass is 10.1. The highest BCUT2D eigenvalue weighted by Gasteiger charge is 2.33. The van der Waals surface area contributed by atoms with Crippen molar-refractivity contribution in [3.63, 3.8) is 0 Å². The molecule has 3 nitrogen and oxygen atoms in total. The SMILES string of the molecule is CNC1CCCC(C)N(C2C=CCCCC2)C1=O. The predicted molar refractivity (Wildman–Crippen MR) is 74.4 cm³/mol. The van der Waals surface area contributed by atoms with Gasteiger partial charge in [0.05, 0.1) is 12.1 Å². The molecule has 0 saturated carbocycles. The van der Waals surface area contributed by atoms with E-state index in [1.807, 2.05) is 7.05 Å². The first kappa shape index (κ1) is 13.6. The minimum absolute atomic E-state index is 0.0200. The molecule has 1 saturated heterocycles. The first-order chi connectivity index (χ1) is 8.74. The van der Waals surface area contributed by atoms with Crippen LogP contribution in [-0.4, -0.2) is 36.0 Å². The monoisotopic (exact) mass is 250 g/mol. The maximum atomic E-state index is 12.6. The van der Waals surface area contributed by atoms with Gasteiger partial charge < -0.3 is 10.2 Å². The number of hydrogen-bond acceptors (Lipinski definition) is 2. The molecule has 1 fully saturated rings. The molecule has 0 spiro atoms. The molecule has 1 amide bonds. The molecule has 1 N–H and O–H groups in total. The van der Waals surface area contributed by atoms with Gasteiger partial charge in [-0.3, -0.25) is 4.79 Å². The van der Waals surface area contributed by atoms with Gasteiger partial charge >= 0.3 is 0 Å². The lowest BCUT2D eigenvalue weighted by Crippen LogP contribution is -2.51. The number of rotatable bonds is 2. The molecule has 0 aromatic heterocycles. The lowest BCUT2D eigenvalue weighted by Gasteiger charge is -2.35. The Kier molecular flexibility index (Phi) is 4.81. The van der Waals surface area contributed by atoms with Crippen molar-refractivity contribution in [3.05, 3.63) is 12.2 Å². The first-order valence-electron chi connectivity index (χ1n) is 7.40. The molecule has 1 aliphatic carbocycles. The van der Waals surface area contributed by atoms with Crippen molar-refractivity contribution in [3.8, 4) is 0 Å². The summed E-state index contributed by atoms with van der Waals surface area (Å²) in [4.78, 5) is 14.8. The average Bonchev–Trinajstić information content (AvgIpc) is 2.69. The fraction of sp³-hybridized carbons (Fsp3) is 0.800. The zero-order chi connectivity index (χ0) is 13.0. The molecule has 18 heavy (non-hydrogen) atoms. The zero-order valence-corrected chi connectivity index (χ0v) is 11.7. The second-order valence-corrected chi connectivity index (χ2v) is 5.65. The van der Waals surface area contributed by atoms with Crippen LogP contribution in [0.3, 0.4) is 0 Å². The van der Waals surface area contributed by atoms with Gasteiger partial charge in [-0.2, -0.15) is 0 Å². The van der Waals surface area contributed by atoms with Crippen LogP contribution in [0, 0.1) is 0 Å². The van der Waals surface area contributed by atoms with Crippen LogP contribution in [0.15, 0.2) is 12.2 Å². The largest absolute Gasteiger partial charge is 0.332 e. The molecule has 1 heterocycles. The molecule has 0 radical (unpaired) electrons. The van der Waals surface area contributed by atoms with E-state index in [-0.39, 0.29) is 6.04 Å². The molecule has 3 unspecified atom stereocenters. The molecule has 0 aromatic rings. The maximum absolute atomic E-state index is 12.6. The molecule has 0 aromatic carbocycles. The summed E-state index contributed by atoms with van der Waals surface area (Å²) in [6.07, 6.45) is 12.6. The van der Waals surface area contributed by atoms with Crippen LogP contribution in [0.2, 0.25) is 0 Å². The number of carbonyl (C=O) groups is 1. The summed E-state index contributed by atoms with van der Waals surface area (Å²) in [6.45, 7) is 2.20. The molecule has 102 valence electrons. The number of nitrogens with zero attached hydrogens (tertiary/aromatic N) is 1. The topological polar surface area (TPSA) is 32.3 Å². The van der Waals surface area contributed by atoms with E-state index < -0.39 is 0 Å². The summed E-state index contributed by atoms with van der Waals surface area (Å²) in [6, 6.07) is 0.721. The fourth-order valence-corrected chi connectivity index (χ4v) is 3.23. The number of allylic oxidation sites excluding steroid dienone is 1. The van der Waals surface area contributed by atoms with Crippen molar-refractivity contribution < 1.29 is 4.79 Å². The highest BCUT2D eigenvalue weighted by Crippen LogP contribution is 2.25. The Balaban J connectivity index is 2.17. The second kappa shape index (κ2) is 6.37. The van der Waals surface area contributed by atoms with Crippen molar-refractivity contribution in [2.24, 2.45) is 0 Å². The van der Waals surface area contributed by atoms with E-state index in [2.05, 4.69) is 29.3 Å². The highest BCUT2D eigenvalue weighted by molar-refractivity contribution is 5.83. The summed E-state index contributed by atoms with van der Waals surface area (Å²) in [5, 5.41) is 3.18. The van der Waals surface area contributed by atoms with Crippen LogP contribution in [0.25, 0.3) is 0 Å². The molecule has 2 aliphatic rings. The lowest BCUT2D eigenvalue weighted by molar-refractivity contribution is -0.136. The summed E-state index contributed by atoms with van der Waals surface area (Å²) < 4.78 is 0. The zero-order valence-electron chi connectivity index (χ0n) is 11.7. The van der Waals surface area contributed by atoms with Crippen LogP contribution >= 0.6 is 0 Å². The predicted octanol–water partition coefficient (Wildman–Crippen LogP) is 2.47. The molecule has 3 atom stereocenters. The van der Waals surface area contributed by atoms with Gasteiger partial charge in [-0.05, 0) is 52.5 Å². The van der Waals surface area contributed by atoms with E-state index in [0.29, 0.717) is 18.0 Å². The first-order valence-corrected chi connectivity index (χ1v) is 7.40. The highest BCUT2D eigenvalue weighted by atomic mass is 16.2. The van der Waals surface area contributed by atoms with Crippen molar-refractivity contribution >= 4 is 5.91 Å². The minimum Gasteiger partial charge on any atom is -0.332 e. The van der Waals surface area contributed by atoms with Crippen LogP contribution in [0.4, 0.5) is 0 Å². The van der Waals surface area contributed by atoms with E-state index in [1.54, 1.807) is 0 Å². The maximum Gasteiger partial charge on any atom is 0.240 e. The van der Waals surface area contributed by atoms with E-state index >= 15 is 0 Å². The number of likely N-dealkylation sites (tertiary alicyclic amines) is 1. The van der Waals surface area contributed by atoms with Gasteiger partial charge in [0.2, 0.25) is 5.91 Å². The third kappa shape index (κ3) is 2.94. The van der Waals surface area contributed by atoms with Gasteiger partial charge in [0.15, 0.2) is 0 Å². The van der Waals surface area contributed by atoms with Gasteiger partial charge in [-0.15, -0.1) is 0 Å². The Hall–Kier alpha value is -0.830. The molecular formula is C15H26N2O. The van der Waals surface area contributed by atoms with Crippen molar-refractivity contribution in [1.82, 2.24) is 10.2 Å². The summed E-state index contributed by atoms with van der Waals surface area (Å²) in [7, 11) is 1.90. The third-order valence-corrected chi connectivity index (χ3v) is 4.33.